The fourth-order valence-electron chi connectivity index (χ4n) is 1.59. The van der Waals surface area contributed by atoms with Crippen molar-refractivity contribution in [2.75, 3.05) is 7.11 Å². The van der Waals surface area contributed by atoms with Gasteiger partial charge < -0.3 is 9.84 Å². The van der Waals surface area contributed by atoms with E-state index in [0.717, 1.165) is 20.4 Å². The van der Waals surface area contributed by atoms with E-state index in [1.54, 1.807) is 13.2 Å². The second-order valence-corrected chi connectivity index (χ2v) is 4.61. The van der Waals surface area contributed by atoms with Crippen LogP contribution >= 0.6 is 22.6 Å². The monoisotopic (exact) mass is 326 g/mol. The van der Waals surface area contributed by atoms with Crippen LogP contribution in [0.4, 0.5) is 0 Å². The van der Waals surface area contributed by atoms with Crippen molar-refractivity contribution in [3.05, 3.63) is 46.0 Å². The summed E-state index contributed by atoms with van der Waals surface area (Å²) < 4.78 is 6.36. The summed E-state index contributed by atoms with van der Waals surface area (Å²) in [6.45, 7) is 0. The molecular formula is C13H11IO2. The molecule has 0 heterocycles. The lowest BCUT2D eigenvalue weighted by Crippen LogP contribution is -1.88. The molecule has 0 unspecified atom stereocenters. The molecule has 0 aliphatic rings. The third kappa shape index (κ3) is 2.14. The number of ether oxygens (including phenoxy) is 1. The second-order valence-electron chi connectivity index (χ2n) is 3.36. The number of phenolic OH excluding ortho intramolecular Hbond substituents is 1. The number of hydrogen-bond acceptors (Lipinski definition) is 2. The maximum atomic E-state index is 9.85. The second kappa shape index (κ2) is 4.74. The Morgan fingerprint density at radius 2 is 1.81 bits per heavy atom. The van der Waals surface area contributed by atoms with E-state index in [9.17, 15) is 5.11 Å². The SMILES string of the molecule is COc1ccccc1-c1cc(I)ccc1O. The number of aromatic hydroxyl groups is 1. The Labute approximate surface area is 108 Å². The maximum Gasteiger partial charge on any atom is 0.126 e. The summed E-state index contributed by atoms with van der Waals surface area (Å²) >= 11 is 2.22. The zero-order chi connectivity index (χ0) is 11.5. The molecule has 0 fully saturated rings. The Bertz CT molecular complexity index is 509. The van der Waals surface area contributed by atoms with Gasteiger partial charge in [-0.25, -0.2) is 0 Å². The number of halogens is 1. The van der Waals surface area contributed by atoms with Gasteiger partial charge in [0.05, 0.1) is 7.11 Å². The lowest BCUT2D eigenvalue weighted by molar-refractivity contribution is 0.415. The van der Waals surface area contributed by atoms with Crippen molar-refractivity contribution < 1.29 is 9.84 Å². The third-order valence-corrected chi connectivity index (χ3v) is 3.03. The Morgan fingerprint density at radius 1 is 1.06 bits per heavy atom. The maximum absolute atomic E-state index is 9.85. The predicted molar refractivity (Wildman–Crippen MR) is 72.8 cm³/mol. The lowest BCUT2D eigenvalue weighted by Gasteiger charge is -2.10. The summed E-state index contributed by atoms with van der Waals surface area (Å²) in [5, 5.41) is 9.85. The average molecular weight is 326 g/mol. The molecule has 0 spiro atoms. The van der Waals surface area contributed by atoms with Crippen molar-refractivity contribution >= 4 is 22.6 Å². The molecule has 82 valence electrons. The molecule has 0 atom stereocenters. The van der Waals surface area contributed by atoms with Gasteiger partial charge in [-0.1, -0.05) is 18.2 Å². The average Bonchev–Trinajstić information content (AvgIpc) is 2.32. The molecule has 0 aromatic heterocycles. The van der Waals surface area contributed by atoms with Crippen LogP contribution in [0.1, 0.15) is 0 Å². The van der Waals surface area contributed by atoms with Crippen molar-refractivity contribution in [1.82, 2.24) is 0 Å². The summed E-state index contributed by atoms with van der Waals surface area (Å²) in [7, 11) is 1.63. The molecule has 2 nitrogen and oxygen atoms in total. The number of benzene rings is 2. The molecule has 0 saturated carbocycles. The number of para-hydroxylation sites is 1. The van der Waals surface area contributed by atoms with Crippen LogP contribution in [0, 0.1) is 3.57 Å². The zero-order valence-corrected chi connectivity index (χ0v) is 10.9. The zero-order valence-electron chi connectivity index (χ0n) is 8.77. The van der Waals surface area contributed by atoms with Gasteiger partial charge in [0.15, 0.2) is 0 Å². The normalized spacial score (nSPS) is 10.1. The van der Waals surface area contributed by atoms with Crippen LogP contribution in [0.5, 0.6) is 11.5 Å². The molecule has 0 radical (unpaired) electrons. The fraction of sp³-hybridized carbons (Fsp3) is 0.0769. The van der Waals surface area contributed by atoms with Gasteiger partial charge in [-0.3, -0.25) is 0 Å². The van der Waals surface area contributed by atoms with Crippen molar-refractivity contribution in [3.8, 4) is 22.6 Å². The van der Waals surface area contributed by atoms with Crippen LogP contribution in [-0.2, 0) is 0 Å². The molecule has 0 saturated heterocycles. The minimum Gasteiger partial charge on any atom is -0.507 e. The molecule has 0 aliphatic carbocycles. The van der Waals surface area contributed by atoms with Crippen LogP contribution in [0.25, 0.3) is 11.1 Å². The molecule has 0 bridgehead atoms. The number of phenols is 1. The molecule has 0 amide bonds. The quantitative estimate of drug-likeness (QED) is 0.854. The van der Waals surface area contributed by atoms with Crippen LogP contribution < -0.4 is 4.74 Å². The van der Waals surface area contributed by atoms with Crippen molar-refractivity contribution in [2.24, 2.45) is 0 Å². The highest BCUT2D eigenvalue weighted by atomic mass is 127. The van der Waals surface area contributed by atoms with E-state index in [-0.39, 0.29) is 5.75 Å². The highest BCUT2D eigenvalue weighted by Crippen LogP contribution is 2.36. The topological polar surface area (TPSA) is 29.5 Å². The fourth-order valence-corrected chi connectivity index (χ4v) is 2.08. The Kier molecular flexibility index (Phi) is 3.33. The first-order valence-corrected chi connectivity index (χ1v) is 5.92. The van der Waals surface area contributed by atoms with Crippen LogP contribution in [0.2, 0.25) is 0 Å². The van der Waals surface area contributed by atoms with E-state index in [4.69, 9.17) is 4.74 Å². The van der Waals surface area contributed by atoms with Crippen molar-refractivity contribution in [3.63, 3.8) is 0 Å². The van der Waals surface area contributed by atoms with E-state index >= 15 is 0 Å². The van der Waals surface area contributed by atoms with Gasteiger partial charge in [-0.15, -0.1) is 0 Å². The number of methoxy groups -OCH3 is 1. The first-order chi connectivity index (χ1) is 7.72. The van der Waals surface area contributed by atoms with E-state index in [2.05, 4.69) is 22.6 Å². The van der Waals surface area contributed by atoms with Gasteiger partial charge in [0.1, 0.15) is 11.5 Å². The molecule has 3 heteroatoms. The smallest absolute Gasteiger partial charge is 0.126 e. The van der Waals surface area contributed by atoms with E-state index in [0.29, 0.717) is 0 Å². The van der Waals surface area contributed by atoms with Crippen molar-refractivity contribution in [2.45, 2.75) is 0 Å². The number of rotatable bonds is 2. The molecular weight excluding hydrogens is 315 g/mol. The largest absolute Gasteiger partial charge is 0.507 e. The standard InChI is InChI=1S/C13H11IO2/c1-16-13-5-3-2-4-10(13)11-8-9(14)6-7-12(11)15/h2-8,15H,1H3. The molecule has 2 aromatic rings. The first-order valence-electron chi connectivity index (χ1n) is 4.84. The van der Waals surface area contributed by atoms with Gasteiger partial charge in [0.2, 0.25) is 0 Å². The molecule has 2 rings (SSSR count). The molecule has 0 aliphatic heterocycles. The lowest BCUT2D eigenvalue weighted by atomic mass is 10.0. The van der Waals surface area contributed by atoms with Gasteiger partial charge in [-0.2, -0.15) is 0 Å². The summed E-state index contributed by atoms with van der Waals surface area (Å²) in [6.07, 6.45) is 0. The summed E-state index contributed by atoms with van der Waals surface area (Å²) in [6, 6.07) is 13.2. The van der Waals surface area contributed by atoms with Crippen LogP contribution in [-0.4, -0.2) is 12.2 Å². The van der Waals surface area contributed by atoms with Gasteiger partial charge in [0.25, 0.3) is 0 Å². The van der Waals surface area contributed by atoms with Gasteiger partial charge in [0, 0.05) is 14.7 Å². The minimum absolute atomic E-state index is 0.268. The van der Waals surface area contributed by atoms with Crippen LogP contribution in [0.15, 0.2) is 42.5 Å². The summed E-state index contributed by atoms with van der Waals surface area (Å²) in [5.41, 5.74) is 1.70. The summed E-state index contributed by atoms with van der Waals surface area (Å²) in [4.78, 5) is 0. The highest BCUT2D eigenvalue weighted by Gasteiger charge is 2.09. The molecule has 2 aromatic carbocycles. The first kappa shape index (κ1) is 11.3. The van der Waals surface area contributed by atoms with E-state index in [1.807, 2.05) is 36.4 Å². The van der Waals surface area contributed by atoms with E-state index in [1.165, 1.54) is 0 Å². The Morgan fingerprint density at radius 3 is 2.56 bits per heavy atom. The Hall–Kier alpha value is -1.23. The van der Waals surface area contributed by atoms with Crippen LogP contribution in [0.3, 0.4) is 0 Å². The minimum atomic E-state index is 0.268. The molecule has 1 N–H and O–H groups in total. The third-order valence-electron chi connectivity index (χ3n) is 2.36. The predicted octanol–water partition coefficient (Wildman–Crippen LogP) is 3.67. The van der Waals surface area contributed by atoms with Gasteiger partial charge >= 0.3 is 0 Å². The Balaban J connectivity index is 2.62. The molecule has 16 heavy (non-hydrogen) atoms. The van der Waals surface area contributed by atoms with E-state index < -0.39 is 0 Å². The summed E-state index contributed by atoms with van der Waals surface area (Å²) in [5.74, 6) is 1.03. The van der Waals surface area contributed by atoms with Gasteiger partial charge in [-0.05, 0) is 46.9 Å². The number of hydrogen-bond donors (Lipinski definition) is 1. The van der Waals surface area contributed by atoms with Crippen molar-refractivity contribution in [1.29, 1.82) is 0 Å². The highest BCUT2D eigenvalue weighted by molar-refractivity contribution is 14.1.